The normalized spacial score (nSPS) is 23.7. The molecular formula is C11H15ClN2O4S. The Kier molecular flexibility index (Phi) is 3.65. The maximum absolute atomic E-state index is 12.3. The van der Waals surface area contributed by atoms with Crippen LogP contribution < -0.4 is 10.5 Å². The molecule has 0 spiro atoms. The number of hydrogen-bond donors (Lipinski definition) is 3. The summed E-state index contributed by atoms with van der Waals surface area (Å²) in [6.07, 6.45) is 1.31. The quantitative estimate of drug-likeness (QED) is 0.579. The van der Waals surface area contributed by atoms with E-state index in [0.717, 1.165) is 6.42 Å². The second-order valence-corrected chi connectivity index (χ2v) is 6.63. The lowest BCUT2D eigenvalue weighted by atomic mass is 10.2. The van der Waals surface area contributed by atoms with Crippen molar-refractivity contribution in [1.29, 1.82) is 0 Å². The highest BCUT2D eigenvalue weighted by molar-refractivity contribution is 7.89. The lowest BCUT2D eigenvalue weighted by Crippen LogP contribution is -2.45. The summed E-state index contributed by atoms with van der Waals surface area (Å²) in [5.74, 6) is -0.554. The van der Waals surface area contributed by atoms with E-state index in [0.29, 0.717) is 13.0 Å². The van der Waals surface area contributed by atoms with Crippen LogP contribution in [0.3, 0.4) is 0 Å². The summed E-state index contributed by atoms with van der Waals surface area (Å²) in [5.41, 5.74) is 4.45. The third-order valence-electron chi connectivity index (χ3n) is 2.95. The molecule has 0 bridgehead atoms. The third kappa shape index (κ3) is 2.79. The van der Waals surface area contributed by atoms with E-state index < -0.39 is 26.4 Å². The Morgan fingerprint density at radius 1 is 1.53 bits per heavy atom. The van der Waals surface area contributed by atoms with E-state index in [2.05, 4.69) is 4.72 Å². The molecule has 1 aromatic carbocycles. The van der Waals surface area contributed by atoms with Crippen molar-refractivity contribution >= 4 is 27.3 Å². The van der Waals surface area contributed by atoms with Crippen molar-refractivity contribution in [1.82, 2.24) is 4.72 Å². The molecular weight excluding hydrogens is 292 g/mol. The second-order valence-electron chi connectivity index (χ2n) is 4.60. The van der Waals surface area contributed by atoms with Gasteiger partial charge in [-0.25, -0.2) is 8.42 Å². The highest BCUT2D eigenvalue weighted by Gasteiger charge is 2.36. The number of sulfonamides is 1. The van der Waals surface area contributed by atoms with Gasteiger partial charge in [0.2, 0.25) is 10.0 Å². The minimum absolute atomic E-state index is 0.0535. The molecule has 1 unspecified atom stereocenters. The minimum atomic E-state index is -4.02. The molecule has 0 aliphatic carbocycles. The smallest absolute Gasteiger partial charge is 0.248 e. The summed E-state index contributed by atoms with van der Waals surface area (Å²) < 4.78 is 32.4. The summed E-state index contributed by atoms with van der Waals surface area (Å²) >= 11 is 5.84. The Hall–Kier alpha value is -1.02. The number of anilines is 1. The van der Waals surface area contributed by atoms with Gasteiger partial charge in [0.1, 0.15) is 10.6 Å². The largest absolute Gasteiger partial charge is 0.504 e. The number of hydrogen-bond acceptors (Lipinski definition) is 5. The van der Waals surface area contributed by atoms with Gasteiger partial charge in [0.05, 0.1) is 10.7 Å². The first-order chi connectivity index (χ1) is 8.75. The van der Waals surface area contributed by atoms with Crippen LogP contribution in [0.15, 0.2) is 17.0 Å². The van der Waals surface area contributed by atoms with Gasteiger partial charge in [0, 0.05) is 6.61 Å². The van der Waals surface area contributed by atoms with Crippen LogP contribution >= 0.6 is 11.6 Å². The second kappa shape index (κ2) is 4.82. The Bertz CT molecular complexity index is 597. The van der Waals surface area contributed by atoms with Gasteiger partial charge in [-0.3, -0.25) is 0 Å². The van der Waals surface area contributed by atoms with Gasteiger partial charge in [0.25, 0.3) is 0 Å². The van der Waals surface area contributed by atoms with Gasteiger partial charge in [-0.05, 0) is 31.9 Å². The van der Waals surface area contributed by atoms with Crippen LogP contribution in [0.4, 0.5) is 5.69 Å². The van der Waals surface area contributed by atoms with E-state index in [1.807, 2.05) is 0 Å². The molecule has 1 aliphatic rings. The molecule has 1 saturated heterocycles. The zero-order valence-electron chi connectivity index (χ0n) is 10.3. The monoisotopic (exact) mass is 306 g/mol. The van der Waals surface area contributed by atoms with Crippen LogP contribution in [-0.4, -0.2) is 25.9 Å². The zero-order valence-corrected chi connectivity index (χ0v) is 11.9. The van der Waals surface area contributed by atoms with E-state index in [1.54, 1.807) is 6.92 Å². The van der Waals surface area contributed by atoms with E-state index >= 15 is 0 Å². The average Bonchev–Trinajstić information content (AvgIpc) is 2.69. The molecule has 106 valence electrons. The highest BCUT2D eigenvalue weighted by Crippen LogP contribution is 2.36. The number of nitrogens with two attached hydrogens (primary N) is 1. The standard InChI is InChI=1S/C11H15ClN2O4S/c1-11(5-2-6-18-11)14-19(16,17)10-7(12)3-4-8(13)9(10)15/h3-4,14-15H,2,5-6,13H2,1H3. The fourth-order valence-electron chi connectivity index (χ4n) is 2.01. The first kappa shape index (κ1) is 14.4. The molecule has 2 rings (SSSR count). The lowest BCUT2D eigenvalue weighted by molar-refractivity contribution is 0.0110. The van der Waals surface area contributed by atoms with E-state index in [-0.39, 0.29) is 10.7 Å². The van der Waals surface area contributed by atoms with Gasteiger partial charge >= 0.3 is 0 Å². The van der Waals surface area contributed by atoms with Crippen molar-refractivity contribution < 1.29 is 18.3 Å². The molecule has 0 amide bonds. The fourth-order valence-corrected chi connectivity index (χ4v) is 4.00. The van der Waals surface area contributed by atoms with Gasteiger partial charge in [-0.15, -0.1) is 0 Å². The van der Waals surface area contributed by atoms with Crippen molar-refractivity contribution in [2.75, 3.05) is 12.3 Å². The van der Waals surface area contributed by atoms with Crippen molar-refractivity contribution in [3.05, 3.63) is 17.2 Å². The van der Waals surface area contributed by atoms with Crippen LogP contribution in [0.5, 0.6) is 5.75 Å². The molecule has 0 radical (unpaired) electrons. The molecule has 8 heteroatoms. The maximum atomic E-state index is 12.3. The van der Waals surface area contributed by atoms with Crippen molar-refractivity contribution in [3.63, 3.8) is 0 Å². The van der Waals surface area contributed by atoms with Crippen LogP contribution in [0, 0.1) is 0 Å². The number of phenols is 1. The van der Waals surface area contributed by atoms with Gasteiger partial charge in [-0.2, -0.15) is 4.72 Å². The first-order valence-electron chi connectivity index (χ1n) is 5.70. The first-order valence-corrected chi connectivity index (χ1v) is 7.56. The minimum Gasteiger partial charge on any atom is -0.504 e. The lowest BCUT2D eigenvalue weighted by Gasteiger charge is -2.25. The Labute approximate surface area is 116 Å². The van der Waals surface area contributed by atoms with E-state index in [4.69, 9.17) is 22.1 Å². The molecule has 1 aromatic rings. The Balaban J connectivity index is 2.43. The average molecular weight is 307 g/mol. The summed E-state index contributed by atoms with van der Waals surface area (Å²) in [7, 11) is -4.02. The van der Waals surface area contributed by atoms with Crippen LogP contribution in [0.1, 0.15) is 19.8 Å². The van der Waals surface area contributed by atoms with Gasteiger partial charge in [-0.1, -0.05) is 11.6 Å². The van der Waals surface area contributed by atoms with Gasteiger partial charge in [0.15, 0.2) is 5.75 Å². The summed E-state index contributed by atoms with van der Waals surface area (Å²) in [6, 6.07) is 2.66. The molecule has 6 nitrogen and oxygen atoms in total. The molecule has 1 atom stereocenters. The number of aromatic hydroxyl groups is 1. The molecule has 0 saturated carbocycles. The summed E-state index contributed by atoms with van der Waals surface area (Å²) in [4.78, 5) is -0.425. The maximum Gasteiger partial charge on any atom is 0.248 e. The Morgan fingerprint density at radius 2 is 2.21 bits per heavy atom. The van der Waals surface area contributed by atoms with Crippen LogP contribution in [-0.2, 0) is 14.8 Å². The number of halogens is 1. The Morgan fingerprint density at radius 3 is 2.79 bits per heavy atom. The number of phenolic OH excluding ortho intramolecular Hbond substituents is 1. The SMILES string of the molecule is CC1(NS(=O)(=O)c2c(Cl)ccc(N)c2O)CCCO1. The fraction of sp³-hybridized carbons (Fsp3) is 0.455. The van der Waals surface area contributed by atoms with Gasteiger partial charge < -0.3 is 15.6 Å². The number of rotatable bonds is 3. The predicted molar refractivity (Wildman–Crippen MR) is 71.4 cm³/mol. The molecule has 0 aromatic heterocycles. The molecule has 4 N–H and O–H groups in total. The number of nitrogen functional groups attached to an aromatic ring is 1. The number of benzene rings is 1. The molecule has 1 heterocycles. The predicted octanol–water partition coefficient (Wildman–Crippen LogP) is 1.43. The molecule has 1 aliphatic heterocycles. The van der Waals surface area contributed by atoms with Crippen molar-refractivity contribution in [2.45, 2.75) is 30.4 Å². The van der Waals surface area contributed by atoms with Crippen molar-refractivity contribution in [3.8, 4) is 5.75 Å². The van der Waals surface area contributed by atoms with E-state index in [9.17, 15) is 13.5 Å². The molecule has 19 heavy (non-hydrogen) atoms. The third-order valence-corrected chi connectivity index (χ3v) is 5.03. The zero-order chi connectivity index (χ0) is 14.3. The topological polar surface area (TPSA) is 102 Å². The summed E-state index contributed by atoms with van der Waals surface area (Å²) in [6.45, 7) is 2.12. The van der Waals surface area contributed by atoms with Crippen LogP contribution in [0.2, 0.25) is 5.02 Å². The van der Waals surface area contributed by atoms with Crippen molar-refractivity contribution in [2.24, 2.45) is 0 Å². The molecule has 1 fully saturated rings. The van der Waals surface area contributed by atoms with Crippen LogP contribution in [0.25, 0.3) is 0 Å². The number of nitrogens with one attached hydrogen (secondary N) is 1. The summed E-state index contributed by atoms with van der Waals surface area (Å²) in [5, 5.41) is 9.71. The van der Waals surface area contributed by atoms with E-state index in [1.165, 1.54) is 12.1 Å². The number of ether oxygens (including phenoxy) is 1. The highest BCUT2D eigenvalue weighted by atomic mass is 35.5.